The number of esters is 1. The highest BCUT2D eigenvalue weighted by Gasteiger charge is 2.20. The zero-order valence-electron chi connectivity index (χ0n) is 17.6. The zero-order valence-corrected chi connectivity index (χ0v) is 17.6. The van der Waals surface area contributed by atoms with Crippen molar-refractivity contribution in [2.24, 2.45) is 0 Å². The second kappa shape index (κ2) is 9.92. The zero-order chi connectivity index (χ0) is 21.5. The number of nitrogens with one attached hydrogen (secondary N) is 1. The molecule has 3 aromatic rings. The lowest BCUT2D eigenvalue weighted by Crippen LogP contribution is -2.32. The molecule has 5 heteroatoms. The number of para-hydroxylation sites is 1. The molecule has 0 radical (unpaired) electrons. The van der Waals surface area contributed by atoms with Gasteiger partial charge in [-0.1, -0.05) is 62.4 Å². The maximum Gasteiger partial charge on any atom is 0.344 e. The van der Waals surface area contributed by atoms with Gasteiger partial charge in [-0.05, 0) is 53.8 Å². The van der Waals surface area contributed by atoms with E-state index in [9.17, 15) is 9.59 Å². The van der Waals surface area contributed by atoms with Gasteiger partial charge in [0.25, 0.3) is 5.91 Å². The third kappa shape index (κ3) is 5.38. The molecule has 5 nitrogen and oxygen atoms in total. The summed E-state index contributed by atoms with van der Waals surface area (Å²) in [5, 5.41) is 4.98. The van der Waals surface area contributed by atoms with Crippen LogP contribution in [0.4, 0.5) is 5.69 Å². The van der Waals surface area contributed by atoms with E-state index < -0.39 is 12.1 Å². The highest BCUT2D eigenvalue weighted by molar-refractivity contribution is 5.95. The van der Waals surface area contributed by atoms with Crippen molar-refractivity contribution >= 4 is 28.3 Å². The Labute approximate surface area is 177 Å². The molecule has 0 aromatic heterocycles. The van der Waals surface area contributed by atoms with E-state index >= 15 is 0 Å². The lowest BCUT2D eigenvalue weighted by Gasteiger charge is -2.18. The molecule has 0 aliphatic rings. The Balaban J connectivity index is 1.54. The molecule has 30 heavy (non-hydrogen) atoms. The monoisotopic (exact) mass is 405 g/mol. The number of anilines is 1. The number of fused-ring (bicyclic) bond motifs is 1. The van der Waals surface area contributed by atoms with E-state index in [-0.39, 0.29) is 12.5 Å². The fraction of sp³-hybridized carbons (Fsp3) is 0.280. The molecule has 3 aromatic carbocycles. The Hall–Kier alpha value is -3.34. The molecule has 0 spiro atoms. The van der Waals surface area contributed by atoms with Gasteiger partial charge in [-0.25, -0.2) is 4.79 Å². The summed E-state index contributed by atoms with van der Waals surface area (Å²) in [7, 11) is 0. The predicted molar refractivity (Wildman–Crippen MR) is 119 cm³/mol. The minimum atomic E-state index is -0.928. The van der Waals surface area contributed by atoms with Gasteiger partial charge in [0.2, 0.25) is 0 Å². The number of carbonyl (C=O) groups is 2. The van der Waals surface area contributed by atoms with E-state index in [1.165, 1.54) is 0 Å². The lowest BCUT2D eigenvalue weighted by atomic mass is 9.97. The first-order chi connectivity index (χ1) is 14.5. The molecule has 2 atom stereocenters. The Morgan fingerprint density at radius 3 is 2.40 bits per heavy atom. The van der Waals surface area contributed by atoms with Crippen molar-refractivity contribution in [2.75, 3.05) is 11.9 Å². The van der Waals surface area contributed by atoms with Crippen LogP contribution in [0.15, 0.2) is 66.7 Å². The lowest BCUT2D eigenvalue weighted by molar-refractivity contribution is -0.155. The van der Waals surface area contributed by atoms with Crippen LogP contribution in [0.5, 0.6) is 5.75 Å². The van der Waals surface area contributed by atoms with E-state index in [1.807, 2.05) is 60.7 Å². The number of amides is 1. The van der Waals surface area contributed by atoms with Gasteiger partial charge in [0.05, 0.1) is 0 Å². The summed E-state index contributed by atoms with van der Waals surface area (Å²) in [5.74, 6) is -0.0780. The van der Waals surface area contributed by atoms with Crippen LogP contribution in [0, 0.1) is 0 Å². The van der Waals surface area contributed by atoms with Crippen molar-refractivity contribution in [3.05, 3.63) is 72.3 Å². The molecule has 0 saturated heterocycles. The van der Waals surface area contributed by atoms with Gasteiger partial charge >= 0.3 is 5.97 Å². The molecular formula is C25H27NO4. The van der Waals surface area contributed by atoms with Crippen LogP contribution in [0.2, 0.25) is 0 Å². The van der Waals surface area contributed by atoms with Crippen molar-refractivity contribution in [3.63, 3.8) is 0 Å². The van der Waals surface area contributed by atoms with Crippen LogP contribution < -0.4 is 10.1 Å². The van der Waals surface area contributed by atoms with E-state index in [1.54, 1.807) is 13.0 Å². The minimum absolute atomic E-state index is 0.264. The molecule has 0 aliphatic carbocycles. The average molecular weight is 405 g/mol. The second-order valence-corrected chi connectivity index (χ2v) is 7.32. The standard InChI is InChI=1S/C25H27NO4/c1-4-17(2)22-11-7-8-12-23(22)26-25(28)18(3)30-24(27)16-29-21-14-13-19-9-5-6-10-20(19)15-21/h5-15,17-18H,4,16H2,1-3H3,(H,26,28)/t17-,18+/m1/s1. The molecule has 3 rings (SSSR count). The van der Waals surface area contributed by atoms with Crippen molar-refractivity contribution in [1.29, 1.82) is 0 Å². The smallest absolute Gasteiger partial charge is 0.344 e. The number of carbonyl (C=O) groups excluding carboxylic acids is 2. The highest BCUT2D eigenvalue weighted by atomic mass is 16.6. The van der Waals surface area contributed by atoms with Crippen molar-refractivity contribution in [3.8, 4) is 5.75 Å². The summed E-state index contributed by atoms with van der Waals surface area (Å²) in [4.78, 5) is 24.6. The highest BCUT2D eigenvalue weighted by Crippen LogP contribution is 2.26. The van der Waals surface area contributed by atoms with Crippen molar-refractivity contribution in [1.82, 2.24) is 0 Å². The predicted octanol–water partition coefficient (Wildman–Crippen LogP) is 5.30. The summed E-state index contributed by atoms with van der Waals surface area (Å²) >= 11 is 0. The third-order valence-electron chi connectivity index (χ3n) is 5.12. The Kier molecular flexibility index (Phi) is 7.07. The van der Waals surface area contributed by atoms with E-state index in [4.69, 9.17) is 9.47 Å². The third-order valence-corrected chi connectivity index (χ3v) is 5.12. The van der Waals surface area contributed by atoms with Crippen molar-refractivity contribution < 1.29 is 19.1 Å². The number of ether oxygens (including phenoxy) is 2. The largest absolute Gasteiger partial charge is 0.482 e. The average Bonchev–Trinajstić information content (AvgIpc) is 2.77. The van der Waals surface area contributed by atoms with Gasteiger partial charge in [0.1, 0.15) is 5.75 Å². The van der Waals surface area contributed by atoms with Gasteiger partial charge in [0, 0.05) is 5.69 Å². The van der Waals surface area contributed by atoms with Gasteiger partial charge in [-0.3, -0.25) is 4.79 Å². The first-order valence-corrected chi connectivity index (χ1v) is 10.2. The number of rotatable bonds is 8. The Morgan fingerprint density at radius 2 is 1.63 bits per heavy atom. The Bertz CT molecular complexity index is 1030. The molecule has 0 unspecified atom stereocenters. The minimum Gasteiger partial charge on any atom is -0.482 e. The number of hydrogen-bond acceptors (Lipinski definition) is 4. The van der Waals surface area contributed by atoms with Crippen LogP contribution >= 0.6 is 0 Å². The molecule has 1 amide bonds. The van der Waals surface area contributed by atoms with Crippen molar-refractivity contribution in [2.45, 2.75) is 39.2 Å². The Morgan fingerprint density at radius 1 is 0.933 bits per heavy atom. The molecular weight excluding hydrogens is 378 g/mol. The SMILES string of the molecule is CC[C@@H](C)c1ccccc1NC(=O)[C@H](C)OC(=O)COc1ccc2ccccc2c1. The van der Waals surface area contributed by atoms with Crippen LogP contribution in [0.3, 0.4) is 0 Å². The summed E-state index contributed by atoms with van der Waals surface area (Å²) < 4.78 is 10.8. The summed E-state index contributed by atoms with van der Waals surface area (Å²) in [6, 6.07) is 21.2. The van der Waals surface area contributed by atoms with Crippen LogP contribution in [-0.2, 0) is 14.3 Å². The van der Waals surface area contributed by atoms with Crippen LogP contribution in [0.25, 0.3) is 10.8 Å². The fourth-order valence-electron chi connectivity index (χ4n) is 3.18. The van der Waals surface area contributed by atoms with Crippen LogP contribution in [0.1, 0.15) is 38.7 Å². The van der Waals surface area contributed by atoms with E-state index in [0.29, 0.717) is 11.7 Å². The maximum absolute atomic E-state index is 12.5. The second-order valence-electron chi connectivity index (χ2n) is 7.32. The topological polar surface area (TPSA) is 64.6 Å². The van der Waals surface area contributed by atoms with Gasteiger partial charge < -0.3 is 14.8 Å². The normalized spacial score (nSPS) is 12.8. The number of benzene rings is 3. The fourth-order valence-corrected chi connectivity index (χ4v) is 3.18. The van der Waals surface area contributed by atoms with E-state index in [2.05, 4.69) is 19.2 Å². The van der Waals surface area contributed by atoms with Gasteiger partial charge in [0.15, 0.2) is 12.7 Å². The maximum atomic E-state index is 12.5. The molecule has 0 bridgehead atoms. The molecule has 0 saturated carbocycles. The van der Waals surface area contributed by atoms with Gasteiger partial charge in [-0.15, -0.1) is 0 Å². The van der Waals surface area contributed by atoms with Gasteiger partial charge in [-0.2, -0.15) is 0 Å². The summed E-state index contributed by atoms with van der Waals surface area (Å²) in [6.45, 7) is 5.50. The molecule has 0 heterocycles. The van der Waals surface area contributed by atoms with Crippen LogP contribution in [-0.4, -0.2) is 24.6 Å². The first kappa shape index (κ1) is 21.4. The molecule has 1 N–H and O–H groups in total. The number of hydrogen-bond donors (Lipinski definition) is 1. The molecule has 0 aliphatic heterocycles. The quantitative estimate of drug-likeness (QED) is 0.516. The summed E-state index contributed by atoms with van der Waals surface area (Å²) in [5.41, 5.74) is 1.80. The first-order valence-electron chi connectivity index (χ1n) is 10.2. The van der Waals surface area contributed by atoms with E-state index in [0.717, 1.165) is 28.4 Å². The summed E-state index contributed by atoms with van der Waals surface area (Å²) in [6.07, 6.45) is 0.0338. The molecule has 0 fully saturated rings. The molecule has 156 valence electrons.